The van der Waals surface area contributed by atoms with Gasteiger partial charge in [-0.1, -0.05) is 18.2 Å². The Balaban J connectivity index is 2.71. The Kier molecular flexibility index (Phi) is 4.03. The summed E-state index contributed by atoms with van der Waals surface area (Å²) >= 11 is 0. The molecule has 0 amide bonds. The molecule has 0 N–H and O–H groups in total. The predicted octanol–water partition coefficient (Wildman–Crippen LogP) is 1.98. The summed E-state index contributed by atoms with van der Waals surface area (Å²) in [6.07, 6.45) is 1.79. The maximum Gasteiger partial charge on any atom is 0.182 e. The topological polar surface area (TPSA) is 43.1 Å². The van der Waals surface area contributed by atoms with Crippen molar-refractivity contribution in [3.8, 4) is 0 Å². The number of carbonyl (C=O) groups excluding carboxylic acids is 1. The van der Waals surface area contributed by atoms with Crippen LogP contribution in [0.25, 0.3) is 0 Å². The largest absolute Gasteiger partial charge is 0.624 e. The molecule has 0 aliphatic carbocycles. The van der Waals surface area contributed by atoms with Gasteiger partial charge in [-0.05, 0) is 26.0 Å². The van der Waals surface area contributed by atoms with Gasteiger partial charge in [0.1, 0.15) is 5.78 Å². The van der Waals surface area contributed by atoms with Crippen molar-refractivity contribution in [2.24, 2.45) is 0 Å². The fourth-order valence-electron chi connectivity index (χ4n) is 1.32. The lowest BCUT2D eigenvalue weighted by atomic mass is 10.2. The van der Waals surface area contributed by atoms with E-state index in [0.717, 1.165) is 10.3 Å². The number of carbonyl (C=O) groups is 1. The Morgan fingerprint density at radius 1 is 1.47 bits per heavy atom. The Hall–Kier alpha value is -1.64. The van der Waals surface area contributed by atoms with Crippen molar-refractivity contribution in [2.45, 2.75) is 26.3 Å². The van der Waals surface area contributed by atoms with Gasteiger partial charge in [0.15, 0.2) is 12.3 Å². The molecule has 80 valence electrons. The van der Waals surface area contributed by atoms with Crippen LogP contribution in [0.2, 0.25) is 0 Å². The number of rotatable bonds is 4. The number of hydroxylamine groups is 1. The van der Waals surface area contributed by atoms with Crippen LogP contribution in [0.3, 0.4) is 0 Å². The average molecular weight is 205 g/mol. The molecule has 1 rings (SSSR count). The highest BCUT2D eigenvalue weighted by atomic mass is 16.5. The van der Waals surface area contributed by atoms with E-state index in [-0.39, 0.29) is 18.2 Å². The predicted molar refractivity (Wildman–Crippen MR) is 60.0 cm³/mol. The van der Waals surface area contributed by atoms with Crippen LogP contribution in [0.15, 0.2) is 30.3 Å². The van der Waals surface area contributed by atoms with Crippen LogP contribution in [0.1, 0.15) is 25.8 Å². The van der Waals surface area contributed by atoms with Crippen molar-refractivity contribution in [3.63, 3.8) is 0 Å². The van der Waals surface area contributed by atoms with Gasteiger partial charge < -0.3 is 5.21 Å². The molecule has 1 aromatic rings. The molecule has 0 aromatic heterocycles. The summed E-state index contributed by atoms with van der Waals surface area (Å²) in [4.78, 5) is 10.8. The molecule has 0 saturated heterocycles. The summed E-state index contributed by atoms with van der Waals surface area (Å²) < 4.78 is 0.830. The Bertz CT molecular complexity index is 357. The van der Waals surface area contributed by atoms with E-state index in [1.165, 1.54) is 13.1 Å². The molecule has 0 fully saturated rings. The second-order valence-corrected chi connectivity index (χ2v) is 3.65. The van der Waals surface area contributed by atoms with Crippen LogP contribution in [-0.2, 0) is 4.79 Å². The molecule has 0 spiro atoms. The zero-order chi connectivity index (χ0) is 11.3. The van der Waals surface area contributed by atoms with Crippen LogP contribution >= 0.6 is 0 Å². The first kappa shape index (κ1) is 11.4. The number of benzene rings is 1. The highest BCUT2D eigenvalue weighted by Gasteiger charge is 2.11. The minimum atomic E-state index is -0.303. The second-order valence-electron chi connectivity index (χ2n) is 3.65. The maximum atomic E-state index is 11.6. The molecule has 0 aliphatic rings. The van der Waals surface area contributed by atoms with Gasteiger partial charge in [-0.25, -0.2) is 4.74 Å². The highest BCUT2D eigenvalue weighted by Crippen LogP contribution is 1.99. The lowest BCUT2D eigenvalue weighted by Gasteiger charge is -2.10. The fraction of sp³-hybridized carbons (Fsp3) is 0.333. The minimum Gasteiger partial charge on any atom is -0.624 e. The van der Waals surface area contributed by atoms with E-state index in [2.05, 4.69) is 0 Å². The minimum absolute atomic E-state index is 0.0322. The van der Waals surface area contributed by atoms with Gasteiger partial charge in [-0.15, -0.1) is 0 Å². The number of Topliss-reactive ketones (excluding diaryl/α,β-unsaturated/α-hetero) is 1. The van der Waals surface area contributed by atoms with Gasteiger partial charge in [-0.2, -0.15) is 0 Å². The smallest absolute Gasteiger partial charge is 0.182 e. The summed E-state index contributed by atoms with van der Waals surface area (Å²) in [5, 5.41) is 11.6. The van der Waals surface area contributed by atoms with Gasteiger partial charge in [0.25, 0.3) is 0 Å². The van der Waals surface area contributed by atoms with Gasteiger partial charge in [0.2, 0.25) is 0 Å². The number of hydrogen-bond donors (Lipinski definition) is 0. The first-order valence-corrected chi connectivity index (χ1v) is 4.94. The third kappa shape index (κ3) is 3.94. The van der Waals surface area contributed by atoms with E-state index in [9.17, 15) is 10.0 Å². The first-order chi connectivity index (χ1) is 7.09. The van der Waals surface area contributed by atoms with Crippen molar-refractivity contribution < 1.29 is 9.53 Å². The average Bonchev–Trinajstić information content (AvgIpc) is 2.18. The molecule has 0 aliphatic heterocycles. The van der Waals surface area contributed by atoms with E-state index in [4.69, 9.17) is 0 Å². The molecule has 0 radical (unpaired) electrons. The van der Waals surface area contributed by atoms with Crippen molar-refractivity contribution in [2.75, 3.05) is 0 Å². The van der Waals surface area contributed by atoms with Crippen LogP contribution in [0, 0.1) is 5.21 Å². The Morgan fingerprint density at radius 3 is 2.60 bits per heavy atom. The van der Waals surface area contributed by atoms with Crippen LogP contribution in [-0.4, -0.2) is 22.8 Å². The summed E-state index contributed by atoms with van der Waals surface area (Å²) in [5.41, 5.74) is 0.850. The lowest BCUT2D eigenvalue weighted by Crippen LogP contribution is -2.21. The molecular weight excluding hydrogens is 190 g/mol. The Morgan fingerprint density at radius 2 is 2.07 bits per heavy atom. The van der Waals surface area contributed by atoms with Crippen molar-refractivity contribution in [3.05, 3.63) is 41.1 Å². The van der Waals surface area contributed by atoms with Crippen LogP contribution < -0.4 is 0 Å². The van der Waals surface area contributed by atoms with E-state index in [1.54, 1.807) is 6.92 Å². The van der Waals surface area contributed by atoms with Crippen molar-refractivity contribution >= 4 is 12.0 Å². The monoisotopic (exact) mass is 205 g/mol. The summed E-state index contributed by atoms with van der Waals surface area (Å²) in [7, 11) is 0. The maximum absolute atomic E-state index is 11.6. The van der Waals surface area contributed by atoms with E-state index in [0.29, 0.717) is 0 Å². The molecule has 3 heteroatoms. The summed E-state index contributed by atoms with van der Waals surface area (Å²) in [5.74, 6) is 0.0322. The molecule has 1 aromatic carbocycles. The van der Waals surface area contributed by atoms with E-state index >= 15 is 0 Å². The van der Waals surface area contributed by atoms with E-state index in [1.807, 2.05) is 30.3 Å². The standard InChI is InChI=1S/C12H15NO2/c1-10(8-11(2)14)13(15)9-12-6-4-3-5-7-12/h3-7,9-10H,8H2,1-2H3. The molecule has 0 heterocycles. The number of nitrogens with zero attached hydrogens (tertiary/aromatic N) is 1. The molecule has 1 unspecified atom stereocenters. The van der Waals surface area contributed by atoms with Crippen LogP contribution in [0.4, 0.5) is 0 Å². The quantitative estimate of drug-likeness (QED) is 0.326. The van der Waals surface area contributed by atoms with Crippen molar-refractivity contribution in [1.82, 2.24) is 0 Å². The van der Waals surface area contributed by atoms with Gasteiger partial charge in [0, 0.05) is 5.56 Å². The lowest BCUT2D eigenvalue weighted by molar-refractivity contribution is -0.490. The third-order valence-electron chi connectivity index (χ3n) is 2.09. The zero-order valence-electron chi connectivity index (χ0n) is 9.01. The third-order valence-corrected chi connectivity index (χ3v) is 2.09. The Labute approximate surface area is 89.6 Å². The van der Waals surface area contributed by atoms with Gasteiger partial charge >= 0.3 is 0 Å². The first-order valence-electron chi connectivity index (χ1n) is 4.94. The normalized spacial score (nSPS) is 13.6. The van der Waals surface area contributed by atoms with E-state index < -0.39 is 0 Å². The van der Waals surface area contributed by atoms with Crippen LogP contribution in [0.5, 0.6) is 0 Å². The summed E-state index contributed by atoms with van der Waals surface area (Å²) in [6, 6.07) is 9.04. The van der Waals surface area contributed by atoms with Gasteiger partial charge in [-0.3, -0.25) is 4.79 Å². The molecule has 1 atom stereocenters. The molecule has 15 heavy (non-hydrogen) atoms. The highest BCUT2D eigenvalue weighted by molar-refractivity contribution is 5.77. The van der Waals surface area contributed by atoms with Gasteiger partial charge in [0.05, 0.1) is 6.42 Å². The molecule has 0 bridgehead atoms. The fourth-order valence-corrected chi connectivity index (χ4v) is 1.32. The SMILES string of the molecule is CC(=O)CC(C)[N+]([O-])=Cc1ccccc1. The number of ketones is 1. The zero-order valence-corrected chi connectivity index (χ0v) is 9.01. The molecular formula is C12H15NO2. The second kappa shape index (κ2) is 5.29. The number of hydrogen-bond acceptors (Lipinski definition) is 2. The molecule has 3 nitrogen and oxygen atoms in total. The summed E-state index contributed by atoms with van der Waals surface area (Å²) in [6.45, 7) is 3.24. The molecule has 0 saturated carbocycles. The van der Waals surface area contributed by atoms with Crippen molar-refractivity contribution in [1.29, 1.82) is 0 Å².